The van der Waals surface area contributed by atoms with Crippen LogP contribution in [0.2, 0.25) is 0 Å². The first-order valence-corrected chi connectivity index (χ1v) is 10.5. The van der Waals surface area contributed by atoms with Crippen molar-refractivity contribution in [1.82, 2.24) is 0 Å². The van der Waals surface area contributed by atoms with Gasteiger partial charge in [-0.05, 0) is 68.3 Å². The highest BCUT2D eigenvalue weighted by atomic mass is 16.6. The van der Waals surface area contributed by atoms with Gasteiger partial charge in [-0.15, -0.1) is 0 Å². The molecule has 0 radical (unpaired) electrons. The first kappa shape index (κ1) is 21.0. The number of hydrogen-bond acceptors (Lipinski definition) is 6. The Labute approximate surface area is 183 Å². The molecule has 2 aliphatic heterocycles. The minimum Gasteiger partial charge on any atom is -0.462 e. The van der Waals surface area contributed by atoms with Crippen LogP contribution >= 0.6 is 0 Å². The zero-order valence-electron chi connectivity index (χ0n) is 18.6. The molecule has 2 aromatic rings. The van der Waals surface area contributed by atoms with Gasteiger partial charge in [0, 0.05) is 25.5 Å². The Balaban J connectivity index is 1.74. The van der Waals surface area contributed by atoms with Gasteiger partial charge in [-0.1, -0.05) is 18.2 Å². The second kappa shape index (κ2) is 7.45. The van der Waals surface area contributed by atoms with Crippen LogP contribution in [0.15, 0.2) is 48.5 Å². The van der Waals surface area contributed by atoms with E-state index in [2.05, 4.69) is 12.1 Å². The van der Waals surface area contributed by atoms with Gasteiger partial charge in [-0.25, -0.2) is 4.79 Å². The van der Waals surface area contributed by atoms with E-state index < -0.39 is 11.1 Å². The Bertz CT molecular complexity index is 1060. The lowest BCUT2D eigenvalue weighted by Crippen LogP contribution is -2.51. The SMILES string of the molecule is CCOC(=O)c1ccc2c(c1)C(C)(C)C1(/C=C/c3ccc(N(C)C)cc3)OC(=O)CN21. The average Bonchev–Trinajstić information content (AvgIpc) is 3.17. The maximum atomic E-state index is 12.4. The standard InChI is InChI=1S/C25H28N2O4/c1-6-30-23(29)18-9-12-21-20(15-18)24(2,3)25(27(21)16-22(28)31-25)14-13-17-7-10-19(11-8-17)26(4)5/h7-15H,6,16H2,1-5H3/b14-13+. The molecule has 31 heavy (non-hydrogen) atoms. The highest BCUT2D eigenvalue weighted by molar-refractivity contribution is 5.92. The smallest absolute Gasteiger partial charge is 0.338 e. The van der Waals surface area contributed by atoms with Crippen LogP contribution in [0.5, 0.6) is 0 Å². The van der Waals surface area contributed by atoms with Crippen molar-refractivity contribution in [2.75, 3.05) is 37.0 Å². The maximum Gasteiger partial charge on any atom is 0.338 e. The molecule has 0 spiro atoms. The minimum absolute atomic E-state index is 0.166. The second-order valence-corrected chi connectivity index (χ2v) is 8.65. The van der Waals surface area contributed by atoms with E-state index in [-0.39, 0.29) is 18.5 Å². The van der Waals surface area contributed by atoms with Crippen molar-refractivity contribution >= 4 is 29.4 Å². The number of carbonyl (C=O) groups is 2. The van der Waals surface area contributed by atoms with E-state index in [4.69, 9.17) is 9.47 Å². The van der Waals surface area contributed by atoms with Crippen LogP contribution in [0, 0.1) is 0 Å². The summed E-state index contributed by atoms with van der Waals surface area (Å²) in [5, 5.41) is 0. The molecule has 1 atom stereocenters. The zero-order chi connectivity index (χ0) is 22.4. The number of hydrogen-bond donors (Lipinski definition) is 0. The Hall–Kier alpha value is -3.28. The Morgan fingerprint density at radius 2 is 1.90 bits per heavy atom. The minimum atomic E-state index is -0.958. The highest BCUT2D eigenvalue weighted by Crippen LogP contribution is 2.55. The third-order valence-electron chi connectivity index (χ3n) is 6.24. The third-order valence-corrected chi connectivity index (χ3v) is 6.24. The summed E-state index contributed by atoms with van der Waals surface area (Å²) in [6.07, 6.45) is 3.96. The number of fused-ring (bicyclic) bond motifs is 3. The molecule has 1 saturated heterocycles. The van der Waals surface area contributed by atoms with E-state index in [0.29, 0.717) is 12.2 Å². The van der Waals surface area contributed by atoms with Crippen molar-refractivity contribution in [2.24, 2.45) is 0 Å². The quantitative estimate of drug-likeness (QED) is 0.682. The van der Waals surface area contributed by atoms with Crippen LogP contribution in [0.4, 0.5) is 11.4 Å². The normalized spacial score (nSPS) is 21.1. The number of nitrogens with zero attached hydrogens (tertiary/aromatic N) is 2. The zero-order valence-corrected chi connectivity index (χ0v) is 18.6. The summed E-state index contributed by atoms with van der Waals surface area (Å²) < 4.78 is 11.1. The number of benzene rings is 2. The van der Waals surface area contributed by atoms with E-state index >= 15 is 0 Å². The molecule has 0 aliphatic carbocycles. The number of carbonyl (C=O) groups excluding carboxylic acids is 2. The van der Waals surface area contributed by atoms with E-state index in [1.165, 1.54) is 0 Å². The van der Waals surface area contributed by atoms with Crippen molar-refractivity contribution in [3.8, 4) is 0 Å². The first-order valence-electron chi connectivity index (χ1n) is 10.5. The van der Waals surface area contributed by atoms with Crippen LogP contribution < -0.4 is 9.80 Å². The van der Waals surface area contributed by atoms with Gasteiger partial charge in [0.25, 0.3) is 0 Å². The molecule has 1 unspecified atom stereocenters. The number of anilines is 2. The maximum absolute atomic E-state index is 12.4. The lowest BCUT2D eigenvalue weighted by Gasteiger charge is -2.38. The van der Waals surface area contributed by atoms with Gasteiger partial charge in [-0.3, -0.25) is 4.79 Å². The Morgan fingerprint density at radius 3 is 2.55 bits per heavy atom. The summed E-state index contributed by atoms with van der Waals surface area (Å²) in [6, 6.07) is 13.7. The monoisotopic (exact) mass is 420 g/mol. The molecular weight excluding hydrogens is 392 g/mol. The van der Waals surface area contributed by atoms with Gasteiger partial charge in [0.2, 0.25) is 5.72 Å². The molecule has 1 fully saturated rings. The molecule has 6 nitrogen and oxygen atoms in total. The molecule has 0 bridgehead atoms. The molecule has 0 amide bonds. The Morgan fingerprint density at radius 1 is 1.19 bits per heavy atom. The summed E-state index contributed by atoms with van der Waals surface area (Å²) >= 11 is 0. The first-order chi connectivity index (χ1) is 14.7. The average molecular weight is 421 g/mol. The predicted octanol–water partition coefficient (Wildman–Crippen LogP) is 3.99. The predicted molar refractivity (Wildman–Crippen MR) is 121 cm³/mol. The fourth-order valence-electron chi connectivity index (χ4n) is 4.47. The van der Waals surface area contributed by atoms with Gasteiger partial charge in [0.1, 0.15) is 6.54 Å². The van der Waals surface area contributed by atoms with Crippen molar-refractivity contribution in [1.29, 1.82) is 0 Å². The fourth-order valence-corrected chi connectivity index (χ4v) is 4.47. The van der Waals surface area contributed by atoms with Crippen molar-refractivity contribution in [3.63, 3.8) is 0 Å². The lowest BCUT2D eigenvalue weighted by molar-refractivity contribution is -0.147. The summed E-state index contributed by atoms with van der Waals surface area (Å²) in [7, 11) is 4.00. The molecule has 0 saturated carbocycles. The van der Waals surface area contributed by atoms with E-state index in [1.54, 1.807) is 13.0 Å². The van der Waals surface area contributed by atoms with Crippen LogP contribution in [0.25, 0.3) is 6.08 Å². The molecule has 0 aromatic heterocycles. The van der Waals surface area contributed by atoms with Gasteiger partial charge in [0.15, 0.2) is 0 Å². The topological polar surface area (TPSA) is 59.1 Å². The molecule has 0 N–H and O–H groups in total. The number of esters is 2. The van der Waals surface area contributed by atoms with Crippen LogP contribution in [-0.2, 0) is 19.7 Å². The lowest BCUT2D eigenvalue weighted by atomic mass is 9.77. The third kappa shape index (κ3) is 3.26. The molecule has 4 rings (SSSR count). The molecule has 162 valence electrons. The van der Waals surface area contributed by atoms with Crippen LogP contribution in [0.1, 0.15) is 42.3 Å². The molecule has 2 heterocycles. The van der Waals surface area contributed by atoms with Crippen molar-refractivity contribution < 1.29 is 19.1 Å². The fraction of sp³-hybridized carbons (Fsp3) is 0.360. The largest absolute Gasteiger partial charge is 0.462 e. The summed E-state index contributed by atoms with van der Waals surface area (Å²) in [5.74, 6) is -0.614. The van der Waals surface area contributed by atoms with Gasteiger partial charge in [-0.2, -0.15) is 0 Å². The molecular formula is C25H28N2O4. The number of rotatable bonds is 5. The van der Waals surface area contributed by atoms with Gasteiger partial charge < -0.3 is 19.3 Å². The van der Waals surface area contributed by atoms with Gasteiger partial charge in [0.05, 0.1) is 17.6 Å². The molecule has 6 heteroatoms. The Kier molecular flexibility index (Phi) is 5.04. The summed E-state index contributed by atoms with van der Waals surface area (Å²) in [4.78, 5) is 28.7. The summed E-state index contributed by atoms with van der Waals surface area (Å²) in [6.45, 7) is 6.36. The van der Waals surface area contributed by atoms with Crippen LogP contribution in [0.3, 0.4) is 0 Å². The van der Waals surface area contributed by atoms with E-state index in [1.807, 2.05) is 74.2 Å². The van der Waals surface area contributed by atoms with Crippen LogP contribution in [-0.4, -0.2) is 44.9 Å². The molecule has 2 aliphatic rings. The second-order valence-electron chi connectivity index (χ2n) is 8.65. The number of ether oxygens (including phenoxy) is 2. The van der Waals surface area contributed by atoms with Crippen molar-refractivity contribution in [2.45, 2.75) is 31.9 Å². The van der Waals surface area contributed by atoms with Crippen molar-refractivity contribution in [3.05, 3.63) is 65.2 Å². The highest BCUT2D eigenvalue weighted by Gasteiger charge is 2.62. The summed E-state index contributed by atoms with van der Waals surface area (Å²) in [5.41, 5.74) is 2.96. The van der Waals surface area contributed by atoms with Gasteiger partial charge >= 0.3 is 11.9 Å². The van der Waals surface area contributed by atoms with E-state index in [0.717, 1.165) is 22.5 Å². The molecule has 2 aromatic carbocycles. The van der Waals surface area contributed by atoms with E-state index in [9.17, 15) is 9.59 Å².